The molecule has 0 saturated carbocycles. The number of furan rings is 1. The van der Waals surface area contributed by atoms with Gasteiger partial charge in [0, 0.05) is 11.8 Å². The highest BCUT2D eigenvalue weighted by Crippen LogP contribution is 2.32. The highest BCUT2D eigenvalue weighted by molar-refractivity contribution is 7.89. The summed E-state index contributed by atoms with van der Waals surface area (Å²) in [5.74, 6) is 1.47. The van der Waals surface area contributed by atoms with E-state index in [9.17, 15) is 13.2 Å². The zero-order chi connectivity index (χ0) is 21.0. The van der Waals surface area contributed by atoms with Gasteiger partial charge in [0.15, 0.2) is 11.5 Å². The van der Waals surface area contributed by atoms with E-state index in [4.69, 9.17) is 13.9 Å². The van der Waals surface area contributed by atoms with Crippen molar-refractivity contribution in [3.05, 3.63) is 78.3 Å². The Morgan fingerprint density at radius 3 is 2.60 bits per heavy atom. The molecule has 1 amide bonds. The predicted molar refractivity (Wildman–Crippen MR) is 109 cm³/mol. The summed E-state index contributed by atoms with van der Waals surface area (Å²) < 4.78 is 42.8. The van der Waals surface area contributed by atoms with E-state index in [1.165, 1.54) is 36.6 Å². The third-order valence-corrected chi connectivity index (χ3v) is 5.69. The van der Waals surface area contributed by atoms with Crippen LogP contribution in [0.25, 0.3) is 6.08 Å². The van der Waals surface area contributed by atoms with Crippen LogP contribution in [0, 0.1) is 0 Å². The first kappa shape index (κ1) is 19.7. The summed E-state index contributed by atoms with van der Waals surface area (Å²) in [6, 6.07) is 14.6. The Hall–Kier alpha value is -3.56. The van der Waals surface area contributed by atoms with Gasteiger partial charge in [-0.1, -0.05) is 6.07 Å². The molecule has 8 nitrogen and oxygen atoms in total. The Labute approximate surface area is 173 Å². The number of rotatable bonds is 7. The first-order valence-electron chi connectivity index (χ1n) is 9.00. The summed E-state index contributed by atoms with van der Waals surface area (Å²) in [4.78, 5) is 12.2. The molecule has 1 aromatic heterocycles. The predicted octanol–water partition coefficient (Wildman–Crippen LogP) is 3.14. The monoisotopic (exact) mass is 426 g/mol. The van der Waals surface area contributed by atoms with E-state index < -0.39 is 10.0 Å². The quantitative estimate of drug-likeness (QED) is 0.562. The van der Waals surface area contributed by atoms with Crippen molar-refractivity contribution in [2.24, 2.45) is 0 Å². The first-order chi connectivity index (χ1) is 14.5. The van der Waals surface area contributed by atoms with E-state index in [1.807, 2.05) is 6.07 Å². The molecule has 0 bridgehead atoms. The molecule has 0 radical (unpaired) electrons. The second kappa shape index (κ2) is 8.44. The molecule has 9 heteroatoms. The van der Waals surface area contributed by atoms with Gasteiger partial charge in [0.2, 0.25) is 22.7 Å². The van der Waals surface area contributed by atoms with Crippen molar-refractivity contribution in [1.82, 2.24) is 4.72 Å². The van der Waals surface area contributed by atoms with Gasteiger partial charge in [-0.15, -0.1) is 0 Å². The lowest BCUT2D eigenvalue weighted by molar-refractivity contribution is -0.111. The largest absolute Gasteiger partial charge is 0.468 e. The number of amides is 1. The Morgan fingerprint density at radius 1 is 1.03 bits per heavy atom. The maximum absolute atomic E-state index is 12.3. The Balaban J connectivity index is 1.35. The van der Waals surface area contributed by atoms with Crippen molar-refractivity contribution in [3.63, 3.8) is 0 Å². The highest BCUT2D eigenvalue weighted by Gasteiger charge is 2.15. The zero-order valence-corrected chi connectivity index (χ0v) is 16.5. The van der Waals surface area contributed by atoms with Crippen LogP contribution in [0.3, 0.4) is 0 Å². The fraction of sp³-hybridized carbons (Fsp3) is 0.0952. The minimum Gasteiger partial charge on any atom is -0.468 e. The Bertz CT molecular complexity index is 1170. The first-order valence-corrected chi connectivity index (χ1v) is 10.5. The van der Waals surface area contributed by atoms with Crippen LogP contribution in [0.1, 0.15) is 11.3 Å². The molecule has 0 unspecified atom stereocenters. The van der Waals surface area contributed by atoms with Crippen LogP contribution in [-0.2, 0) is 21.4 Å². The second-order valence-corrected chi connectivity index (χ2v) is 8.13. The van der Waals surface area contributed by atoms with Gasteiger partial charge in [0.1, 0.15) is 5.76 Å². The number of nitrogens with one attached hydrogen (secondary N) is 2. The highest BCUT2D eigenvalue weighted by atomic mass is 32.2. The molecule has 1 aliphatic rings. The van der Waals surface area contributed by atoms with Crippen LogP contribution in [-0.4, -0.2) is 21.1 Å². The van der Waals surface area contributed by atoms with Gasteiger partial charge in [0.05, 0.1) is 17.7 Å². The van der Waals surface area contributed by atoms with Crippen LogP contribution in [0.5, 0.6) is 11.5 Å². The fourth-order valence-electron chi connectivity index (χ4n) is 2.75. The van der Waals surface area contributed by atoms with Crippen LogP contribution >= 0.6 is 0 Å². The van der Waals surface area contributed by atoms with Gasteiger partial charge in [-0.25, -0.2) is 13.1 Å². The van der Waals surface area contributed by atoms with Crippen molar-refractivity contribution >= 4 is 27.7 Å². The number of anilines is 1. The van der Waals surface area contributed by atoms with Gasteiger partial charge >= 0.3 is 0 Å². The van der Waals surface area contributed by atoms with Crippen LogP contribution in [0.15, 0.2) is 76.2 Å². The van der Waals surface area contributed by atoms with Gasteiger partial charge in [-0.05, 0) is 60.2 Å². The molecule has 3 aromatic rings. The SMILES string of the molecule is O=C(/C=C/c1ccc2c(c1)OCO2)Nc1ccc(S(=O)(=O)NCc2ccco2)cc1. The van der Waals surface area contributed by atoms with E-state index in [0.717, 1.165) is 5.56 Å². The number of benzene rings is 2. The molecule has 0 saturated heterocycles. The molecular weight excluding hydrogens is 408 g/mol. The molecule has 1 aliphatic heterocycles. The minimum absolute atomic E-state index is 0.0540. The fourth-order valence-corrected chi connectivity index (χ4v) is 3.75. The third kappa shape index (κ3) is 4.70. The standard InChI is InChI=1S/C21H18N2O6S/c24-21(10-4-15-3-9-19-20(12-15)29-14-28-19)23-16-5-7-18(8-6-16)30(25,26)22-13-17-2-1-11-27-17/h1-12,22H,13-14H2,(H,23,24)/b10-4+. The van der Waals surface area contributed by atoms with Crippen LogP contribution in [0.2, 0.25) is 0 Å². The van der Waals surface area contributed by atoms with Crippen molar-refractivity contribution in [1.29, 1.82) is 0 Å². The lowest BCUT2D eigenvalue weighted by atomic mass is 10.2. The van der Waals surface area contributed by atoms with Gasteiger partial charge < -0.3 is 19.2 Å². The topological polar surface area (TPSA) is 107 Å². The molecule has 2 N–H and O–H groups in total. The number of fused-ring (bicyclic) bond motifs is 1. The number of sulfonamides is 1. The molecule has 154 valence electrons. The lowest BCUT2D eigenvalue weighted by Gasteiger charge is -2.07. The van der Waals surface area contributed by atoms with E-state index in [1.54, 1.807) is 30.3 Å². The normalized spacial score (nSPS) is 12.9. The number of carbonyl (C=O) groups excluding carboxylic acids is 1. The van der Waals surface area contributed by atoms with Gasteiger partial charge in [-0.3, -0.25) is 4.79 Å². The van der Waals surface area contributed by atoms with Gasteiger partial charge in [0.25, 0.3) is 0 Å². The molecule has 0 fully saturated rings. The number of carbonyl (C=O) groups is 1. The molecule has 30 heavy (non-hydrogen) atoms. The third-order valence-electron chi connectivity index (χ3n) is 4.27. The molecule has 0 atom stereocenters. The van der Waals surface area contributed by atoms with E-state index in [0.29, 0.717) is 22.9 Å². The van der Waals surface area contributed by atoms with Crippen molar-refractivity contribution in [3.8, 4) is 11.5 Å². The minimum atomic E-state index is -3.69. The summed E-state index contributed by atoms with van der Waals surface area (Å²) in [5.41, 5.74) is 1.26. The molecule has 0 spiro atoms. The Morgan fingerprint density at radius 2 is 1.83 bits per heavy atom. The summed E-state index contributed by atoms with van der Waals surface area (Å²) in [6.07, 6.45) is 4.50. The second-order valence-electron chi connectivity index (χ2n) is 6.36. The molecule has 2 heterocycles. The number of hydrogen-bond donors (Lipinski definition) is 2. The molecular formula is C21H18N2O6S. The smallest absolute Gasteiger partial charge is 0.248 e. The van der Waals surface area contributed by atoms with Crippen molar-refractivity contribution in [2.75, 3.05) is 12.1 Å². The number of hydrogen-bond acceptors (Lipinski definition) is 6. The van der Waals surface area contributed by atoms with E-state index in [-0.39, 0.29) is 24.1 Å². The maximum atomic E-state index is 12.3. The lowest BCUT2D eigenvalue weighted by Crippen LogP contribution is -2.23. The number of ether oxygens (including phenoxy) is 2. The van der Waals surface area contributed by atoms with Crippen LogP contribution in [0.4, 0.5) is 5.69 Å². The maximum Gasteiger partial charge on any atom is 0.248 e. The molecule has 0 aliphatic carbocycles. The van der Waals surface area contributed by atoms with E-state index in [2.05, 4.69) is 10.0 Å². The summed E-state index contributed by atoms with van der Waals surface area (Å²) in [7, 11) is -3.69. The van der Waals surface area contributed by atoms with Crippen LogP contribution < -0.4 is 19.5 Å². The van der Waals surface area contributed by atoms with Crippen molar-refractivity contribution < 1.29 is 27.1 Å². The summed E-state index contributed by atoms with van der Waals surface area (Å²) in [6.45, 7) is 0.242. The average molecular weight is 426 g/mol. The summed E-state index contributed by atoms with van der Waals surface area (Å²) >= 11 is 0. The molecule has 4 rings (SSSR count). The Kier molecular flexibility index (Phi) is 5.55. The van der Waals surface area contributed by atoms with Gasteiger partial charge in [-0.2, -0.15) is 0 Å². The molecule has 2 aromatic carbocycles. The zero-order valence-electron chi connectivity index (χ0n) is 15.7. The van der Waals surface area contributed by atoms with Crippen molar-refractivity contribution in [2.45, 2.75) is 11.4 Å². The summed E-state index contributed by atoms with van der Waals surface area (Å²) in [5, 5.41) is 2.69. The average Bonchev–Trinajstić information content (AvgIpc) is 3.42. The van der Waals surface area contributed by atoms with E-state index >= 15 is 0 Å².